The largest absolute Gasteiger partial charge is 0.496 e. The Bertz CT molecular complexity index is 447. The van der Waals surface area contributed by atoms with Crippen LogP contribution in [0.2, 0.25) is 0 Å². The van der Waals surface area contributed by atoms with E-state index < -0.39 is 0 Å². The molecule has 2 heteroatoms. The molecule has 1 aromatic carbocycles. The fraction of sp³-hybridized carbons (Fsp3) is 0.500. The van der Waals surface area contributed by atoms with Crippen molar-refractivity contribution in [1.29, 1.82) is 5.26 Å². The summed E-state index contributed by atoms with van der Waals surface area (Å²) in [5.74, 6) is 1.34. The van der Waals surface area contributed by atoms with Crippen LogP contribution in [0, 0.1) is 24.2 Å². The van der Waals surface area contributed by atoms with E-state index in [0.29, 0.717) is 5.92 Å². The number of nitriles is 1. The number of methoxy groups -OCH3 is 1. The Morgan fingerprint density at radius 3 is 2.81 bits per heavy atom. The third-order valence-corrected chi connectivity index (χ3v) is 3.63. The molecule has 0 amide bonds. The molecule has 16 heavy (non-hydrogen) atoms. The van der Waals surface area contributed by atoms with Crippen LogP contribution in [0.25, 0.3) is 0 Å². The Kier molecular flexibility index (Phi) is 2.63. The topological polar surface area (TPSA) is 33.0 Å². The lowest BCUT2D eigenvalue weighted by Gasteiger charge is -2.14. The third-order valence-electron chi connectivity index (χ3n) is 3.63. The molecule has 0 bridgehead atoms. The Balaban J connectivity index is 2.48. The van der Waals surface area contributed by atoms with Gasteiger partial charge in [-0.25, -0.2) is 0 Å². The Morgan fingerprint density at radius 2 is 2.31 bits per heavy atom. The van der Waals surface area contributed by atoms with Crippen molar-refractivity contribution in [3.05, 3.63) is 29.3 Å². The maximum absolute atomic E-state index is 9.42. The van der Waals surface area contributed by atoms with E-state index in [9.17, 15) is 5.26 Å². The minimum atomic E-state index is -0.286. The first-order chi connectivity index (χ1) is 7.67. The molecule has 0 radical (unpaired) electrons. The molecule has 1 fully saturated rings. The molecule has 2 nitrogen and oxygen atoms in total. The molecule has 0 saturated heterocycles. The van der Waals surface area contributed by atoms with Crippen LogP contribution in [0.4, 0.5) is 0 Å². The Labute approximate surface area is 96.9 Å². The van der Waals surface area contributed by atoms with Gasteiger partial charge in [-0.05, 0) is 25.3 Å². The van der Waals surface area contributed by atoms with Crippen molar-refractivity contribution in [2.24, 2.45) is 5.92 Å². The first kappa shape index (κ1) is 11.0. The molecule has 1 aliphatic carbocycles. The van der Waals surface area contributed by atoms with Crippen LogP contribution in [0.1, 0.15) is 30.9 Å². The van der Waals surface area contributed by atoms with Crippen LogP contribution in [-0.4, -0.2) is 7.11 Å². The van der Waals surface area contributed by atoms with E-state index in [1.165, 1.54) is 5.56 Å². The number of nitrogens with zero attached hydrogens (tertiary/aromatic N) is 1. The van der Waals surface area contributed by atoms with Crippen molar-refractivity contribution < 1.29 is 4.74 Å². The van der Waals surface area contributed by atoms with E-state index in [1.807, 2.05) is 12.1 Å². The lowest BCUT2D eigenvalue weighted by molar-refractivity contribution is 0.406. The number of hydrogen-bond acceptors (Lipinski definition) is 2. The van der Waals surface area contributed by atoms with Gasteiger partial charge in [-0.3, -0.25) is 0 Å². The van der Waals surface area contributed by atoms with Crippen molar-refractivity contribution in [1.82, 2.24) is 0 Å². The van der Waals surface area contributed by atoms with E-state index in [0.717, 1.165) is 24.2 Å². The second kappa shape index (κ2) is 3.83. The fourth-order valence-electron chi connectivity index (χ4n) is 2.52. The smallest absolute Gasteiger partial charge is 0.123 e. The van der Waals surface area contributed by atoms with Gasteiger partial charge in [0.2, 0.25) is 0 Å². The van der Waals surface area contributed by atoms with Gasteiger partial charge in [0, 0.05) is 5.56 Å². The van der Waals surface area contributed by atoms with Crippen LogP contribution in [-0.2, 0) is 5.41 Å². The van der Waals surface area contributed by atoms with Gasteiger partial charge in [0.1, 0.15) is 5.75 Å². The van der Waals surface area contributed by atoms with E-state index >= 15 is 0 Å². The molecule has 0 heterocycles. The van der Waals surface area contributed by atoms with Crippen molar-refractivity contribution >= 4 is 0 Å². The van der Waals surface area contributed by atoms with E-state index in [2.05, 4.69) is 26.0 Å². The molecule has 2 atom stereocenters. The molecule has 0 spiro atoms. The van der Waals surface area contributed by atoms with Crippen molar-refractivity contribution in [3.8, 4) is 11.8 Å². The van der Waals surface area contributed by atoms with Gasteiger partial charge in [0.15, 0.2) is 0 Å². The molecule has 1 aromatic rings. The third kappa shape index (κ3) is 1.48. The zero-order valence-corrected chi connectivity index (χ0v) is 10.1. The lowest BCUT2D eigenvalue weighted by Crippen LogP contribution is -2.09. The zero-order chi connectivity index (χ0) is 11.8. The SMILES string of the molecule is CCC1CC1(C#N)c1cc(C)ccc1OC. The van der Waals surface area contributed by atoms with Gasteiger partial charge < -0.3 is 4.74 Å². The van der Waals surface area contributed by atoms with Crippen LogP contribution >= 0.6 is 0 Å². The summed E-state index contributed by atoms with van der Waals surface area (Å²) in [6, 6.07) is 8.58. The van der Waals surface area contributed by atoms with Gasteiger partial charge >= 0.3 is 0 Å². The van der Waals surface area contributed by atoms with Crippen LogP contribution in [0.3, 0.4) is 0 Å². The molecule has 1 aliphatic rings. The standard InChI is InChI=1S/C14H17NO/c1-4-11-8-14(11,9-15)12-7-10(2)5-6-13(12)16-3/h5-7,11H,4,8H2,1-3H3. The summed E-state index contributed by atoms with van der Waals surface area (Å²) >= 11 is 0. The molecular weight excluding hydrogens is 198 g/mol. The van der Waals surface area contributed by atoms with Crippen molar-refractivity contribution in [3.63, 3.8) is 0 Å². The quantitative estimate of drug-likeness (QED) is 0.775. The maximum atomic E-state index is 9.42. The van der Waals surface area contributed by atoms with Gasteiger partial charge in [-0.15, -0.1) is 0 Å². The summed E-state index contributed by atoms with van der Waals surface area (Å²) < 4.78 is 5.37. The summed E-state index contributed by atoms with van der Waals surface area (Å²) in [6.45, 7) is 4.20. The number of benzene rings is 1. The summed E-state index contributed by atoms with van der Waals surface area (Å²) in [5.41, 5.74) is 1.98. The second-order valence-electron chi connectivity index (χ2n) is 4.60. The van der Waals surface area contributed by atoms with Crippen LogP contribution in [0.15, 0.2) is 18.2 Å². The lowest BCUT2D eigenvalue weighted by atomic mass is 9.92. The molecule has 84 valence electrons. The second-order valence-corrected chi connectivity index (χ2v) is 4.60. The Morgan fingerprint density at radius 1 is 1.56 bits per heavy atom. The zero-order valence-electron chi connectivity index (χ0n) is 10.1. The Hall–Kier alpha value is -1.49. The molecule has 1 saturated carbocycles. The minimum absolute atomic E-state index is 0.286. The summed E-state index contributed by atoms with van der Waals surface area (Å²) in [7, 11) is 1.67. The molecule has 2 rings (SSSR count). The average molecular weight is 215 g/mol. The fourth-order valence-corrected chi connectivity index (χ4v) is 2.52. The normalized spacial score (nSPS) is 27.2. The average Bonchev–Trinajstić information content (AvgIpc) is 3.04. The molecule has 0 N–H and O–H groups in total. The number of rotatable bonds is 3. The predicted octanol–water partition coefficient (Wildman–Crippen LogP) is 3.19. The highest BCUT2D eigenvalue weighted by Crippen LogP contribution is 2.57. The van der Waals surface area contributed by atoms with Gasteiger partial charge in [-0.1, -0.05) is 31.0 Å². The van der Waals surface area contributed by atoms with Crippen molar-refractivity contribution in [2.75, 3.05) is 7.11 Å². The van der Waals surface area contributed by atoms with E-state index in [-0.39, 0.29) is 5.41 Å². The summed E-state index contributed by atoms with van der Waals surface area (Å²) in [4.78, 5) is 0. The molecular formula is C14H17NO. The molecule has 0 aromatic heterocycles. The minimum Gasteiger partial charge on any atom is -0.496 e. The highest BCUT2D eigenvalue weighted by Gasteiger charge is 2.56. The molecule has 2 unspecified atom stereocenters. The van der Waals surface area contributed by atoms with Gasteiger partial charge in [0.25, 0.3) is 0 Å². The van der Waals surface area contributed by atoms with Gasteiger partial charge in [-0.2, -0.15) is 5.26 Å². The number of aryl methyl sites for hydroxylation is 1. The van der Waals surface area contributed by atoms with E-state index in [4.69, 9.17) is 4.74 Å². The molecule has 0 aliphatic heterocycles. The maximum Gasteiger partial charge on any atom is 0.123 e. The first-order valence-corrected chi connectivity index (χ1v) is 5.74. The first-order valence-electron chi connectivity index (χ1n) is 5.74. The number of ether oxygens (including phenoxy) is 1. The van der Waals surface area contributed by atoms with Crippen LogP contribution in [0.5, 0.6) is 5.75 Å². The number of hydrogen-bond donors (Lipinski definition) is 0. The predicted molar refractivity (Wildman–Crippen MR) is 63.4 cm³/mol. The van der Waals surface area contributed by atoms with Gasteiger partial charge in [0.05, 0.1) is 18.6 Å². The van der Waals surface area contributed by atoms with Crippen molar-refractivity contribution in [2.45, 2.75) is 32.1 Å². The van der Waals surface area contributed by atoms with Crippen LogP contribution < -0.4 is 4.74 Å². The summed E-state index contributed by atoms with van der Waals surface area (Å²) in [6.07, 6.45) is 2.03. The highest BCUT2D eigenvalue weighted by molar-refractivity contribution is 5.51. The highest BCUT2D eigenvalue weighted by atomic mass is 16.5. The monoisotopic (exact) mass is 215 g/mol. The summed E-state index contributed by atoms with van der Waals surface area (Å²) in [5, 5.41) is 9.42. The van der Waals surface area contributed by atoms with E-state index in [1.54, 1.807) is 7.11 Å².